The smallest absolute Gasteiger partial charge is 0.409 e. The van der Waals surface area contributed by atoms with E-state index < -0.39 is 0 Å². The Morgan fingerprint density at radius 1 is 1.43 bits per heavy atom. The van der Waals surface area contributed by atoms with Crippen molar-refractivity contribution >= 4 is 12.0 Å². The molecule has 0 aliphatic carbocycles. The minimum absolute atomic E-state index is 0.0850. The number of hydrogen-bond acceptors (Lipinski definition) is 5. The van der Waals surface area contributed by atoms with Gasteiger partial charge >= 0.3 is 6.09 Å². The van der Waals surface area contributed by atoms with E-state index in [1.54, 1.807) is 22.7 Å². The second-order valence-corrected chi connectivity index (χ2v) is 5.06. The van der Waals surface area contributed by atoms with Crippen molar-refractivity contribution in [1.82, 2.24) is 25.2 Å². The second-order valence-electron chi connectivity index (χ2n) is 5.06. The third-order valence-electron chi connectivity index (χ3n) is 3.49. The van der Waals surface area contributed by atoms with Gasteiger partial charge in [-0.3, -0.25) is 4.79 Å². The van der Waals surface area contributed by atoms with Crippen LogP contribution in [0.5, 0.6) is 0 Å². The molecule has 0 radical (unpaired) electrons. The summed E-state index contributed by atoms with van der Waals surface area (Å²) in [4.78, 5) is 25.2. The van der Waals surface area contributed by atoms with Crippen LogP contribution >= 0.6 is 0 Å². The minimum atomic E-state index is -0.277. The van der Waals surface area contributed by atoms with Gasteiger partial charge in [0.2, 0.25) is 5.91 Å². The molecule has 116 valence electrons. The summed E-state index contributed by atoms with van der Waals surface area (Å²) < 4.78 is 6.52. The first-order valence-electron chi connectivity index (χ1n) is 7.16. The molecular formula is C13H21N5O3. The Bertz CT molecular complexity index is 494. The van der Waals surface area contributed by atoms with Crippen molar-refractivity contribution in [2.75, 3.05) is 19.7 Å². The van der Waals surface area contributed by atoms with E-state index in [9.17, 15) is 9.59 Å². The van der Waals surface area contributed by atoms with E-state index in [1.807, 2.05) is 6.92 Å². The van der Waals surface area contributed by atoms with Crippen LogP contribution in [0.3, 0.4) is 0 Å². The zero-order chi connectivity index (χ0) is 15.2. The summed E-state index contributed by atoms with van der Waals surface area (Å²) in [5.74, 6) is -0.0850. The highest BCUT2D eigenvalue weighted by Crippen LogP contribution is 2.11. The quantitative estimate of drug-likeness (QED) is 0.864. The van der Waals surface area contributed by atoms with Crippen molar-refractivity contribution in [3.63, 3.8) is 0 Å². The van der Waals surface area contributed by atoms with Crippen molar-refractivity contribution in [1.29, 1.82) is 0 Å². The Balaban J connectivity index is 1.74. The SMILES string of the molecule is CCOC(=O)N1CCC(NC(=O)Cn2nncc2C)CC1. The van der Waals surface area contributed by atoms with E-state index in [0.29, 0.717) is 19.7 Å². The Kier molecular flexibility index (Phi) is 5.13. The number of aromatic nitrogens is 3. The van der Waals surface area contributed by atoms with E-state index in [2.05, 4.69) is 15.6 Å². The van der Waals surface area contributed by atoms with Gasteiger partial charge in [-0.05, 0) is 26.7 Å². The maximum absolute atomic E-state index is 11.9. The molecule has 2 amide bonds. The topological polar surface area (TPSA) is 89.4 Å². The van der Waals surface area contributed by atoms with Gasteiger partial charge in [0.25, 0.3) is 0 Å². The fourth-order valence-corrected chi connectivity index (χ4v) is 2.30. The van der Waals surface area contributed by atoms with Crippen LogP contribution in [-0.4, -0.2) is 57.6 Å². The monoisotopic (exact) mass is 295 g/mol. The number of amides is 2. The molecule has 8 nitrogen and oxygen atoms in total. The molecule has 21 heavy (non-hydrogen) atoms. The minimum Gasteiger partial charge on any atom is -0.450 e. The molecule has 0 saturated carbocycles. The van der Waals surface area contributed by atoms with Crippen molar-refractivity contribution in [2.45, 2.75) is 39.3 Å². The summed E-state index contributed by atoms with van der Waals surface area (Å²) >= 11 is 0. The molecule has 2 rings (SSSR count). The number of carbonyl (C=O) groups excluding carboxylic acids is 2. The number of aryl methyl sites for hydroxylation is 1. The molecule has 0 spiro atoms. The first-order valence-corrected chi connectivity index (χ1v) is 7.16. The number of piperidine rings is 1. The van der Waals surface area contributed by atoms with Gasteiger partial charge in [0, 0.05) is 19.1 Å². The predicted molar refractivity (Wildman–Crippen MR) is 74.5 cm³/mol. The fraction of sp³-hybridized carbons (Fsp3) is 0.692. The van der Waals surface area contributed by atoms with E-state index in [1.165, 1.54) is 0 Å². The zero-order valence-electron chi connectivity index (χ0n) is 12.4. The molecule has 2 heterocycles. The van der Waals surface area contributed by atoms with Gasteiger partial charge < -0.3 is 15.0 Å². The Labute approximate surface area is 123 Å². The average molecular weight is 295 g/mol. The highest BCUT2D eigenvalue weighted by molar-refractivity contribution is 5.76. The molecule has 0 unspecified atom stereocenters. The summed E-state index contributed by atoms with van der Waals surface area (Å²) in [5.41, 5.74) is 0.849. The van der Waals surface area contributed by atoms with Crippen LogP contribution in [-0.2, 0) is 16.1 Å². The van der Waals surface area contributed by atoms with Crippen molar-refractivity contribution in [3.8, 4) is 0 Å². The molecule has 1 aliphatic heterocycles. The summed E-state index contributed by atoms with van der Waals surface area (Å²) in [6, 6.07) is 0.0898. The largest absolute Gasteiger partial charge is 0.450 e. The summed E-state index contributed by atoms with van der Waals surface area (Å²) in [6.07, 6.45) is 2.81. The van der Waals surface area contributed by atoms with Crippen molar-refractivity contribution in [3.05, 3.63) is 11.9 Å². The highest BCUT2D eigenvalue weighted by Gasteiger charge is 2.24. The summed E-state index contributed by atoms with van der Waals surface area (Å²) in [5, 5.41) is 10.6. The van der Waals surface area contributed by atoms with Crippen LogP contribution in [0.1, 0.15) is 25.5 Å². The zero-order valence-corrected chi connectivity index (χ0v) is 12.4. The van der Waals surface area contributed by atoms with Gasteiger partial charge in [-0.2, -0.15) is 0 Å². The number of carbonyl (C=O) groups is 2. The number of ether oxygens (including phenoxy) is 1. The predicted octanol–water partition coefficient (Wildman–Crippen LogP) is 0.324. The number of hydrogen-bond donors (Lipinski definition) is 1. The highest BCUT2D eigenvalue weighted by atomic mass is 16.6. The Hall–Kier alpha value is -2.12. The maximum Gasteiger partial charge on any atom is 0.409 e. The summed E-state index contributed by atoms with van der Waals surface area (Å²) in [6.45, 7) is 5.40. The lowest BCUT2D eigenvalue weighted by Gasteiger charge is -2.31. The van der Waals surface area contributed by atoms with Crippen LogP contribution < -0.4 is 5.32 Å². The van der Waals surface area contributed by atoms with Crippen molar-refractivity contribution < 1.29 is 14.3 Å². The van der Waals surface area contributed by atoms with Crippen LogP contribution in [0, 0.1) is 6.92 Å². The van der Waals surface area contributed by atoms with Crippen molar-refractivity contribution in [2.24, 2.45) is 0 Å². The third kappa shape index (κ3) is 4.17. The lowest BCUT2D eigenvalue weighted by atomic mass is 10.1. The Morgan fingerprint density at radius 2 is 2.14 bits per heavy atom. The number of nitrogens with one attached hydrogen (secondary N) is 1. The van der Waals surface area contributed by atoms with Gasteiger partial charge in [-0.25, -0.2) is 9.48 Å². The number of likely N-dealkylation sites (tertiary alicyclic amines) is 1. The van der Waals surface area contributed by atoms with Gasteiger partial charge in [0.05, 0.1) is 18.5 Å². The van der Waals surface area contributed by atoms with Crippen LogP contribution in [0.4, 0.5) is 4.79 Å². The second kappa shape index (κ2) is 7.05. The van der Waals surface area contributed by atoms with Gasteiger partial charge in [-0.1, -0.05) is 5.21 Å². The van der Waals surface area contributed by atoms with Gasteiger partial charge in [0.15, 0.2) is 0 Å². The number of rotatable bonds is 4. The molecule has 1 aromatic heterocycles. The molecule has 0 bridgehead atoms. The molecule has 1 saturated heterocycles. The molecule has 8 heteroatoms. The number of nitrogens with zero attached hydrogens (tertiary/aromatic N) is 4. The maximum atomic E-state index is 11.9. The molecule has 1 N–H and O–H groups in total. The molecule has 1 aromatic rings. The van der Waals surface area contributed by atoms with E-state index in [-0.39, 0.29) is 24.6 Å². The van der Waals surface area contributed by atoms with Gasteiger partial charge in [-0.15, -0.1) is 5.10 Å². The first-order chi connectivity index (χ1) is 10.1. The third-order valence-corrected chi connectivity index (χ3v) is 3.49. The lowest BCUT2D eigenvalue weighted by Crippen LogP contribution is -2.47. The normalized spacial score (nSPS) is 15.8. The van der Waals surface area contributed by atoms with E-state index >= 15 is 0 Å². The standard InChI is InChI=1S/C13H21N5O3/c1-3-21-13(20)17-6-4-11(5-7-17)15-12(19)9-18-10(2)8-14-16-18/h8,11H,3-7,9H2,1-2H3,(H,15,19). The fourth-order valence-electron chi connectivity index (χ4n) is 2.30. The van der Waals surface area contributed by atoms with Gasteiger partial charge in [0.1, 0.15) is 6.54 Å². The van der Waals surface area contributed by atoms with Crippen LogP contribution in [0.25, 0.3) is 0 Å². The molecule has 1 fully saturated rings. The molecule has 0 atom stereocenters. The van der Waals surface area contributed by atoms with Crippen LogP contribution in [0.15, 0.2) is 6.20 Å². The first kappa shape index (κ1) is 15.3. The average Bonchev–Trinajstić information content (AvgIpc) is 2.85. The molecule has 1 aliphatic rings. The Morgan fingerprint density at radius 3 is 2.71 bits per heavy atom. The molecule has 0 aromatic carbocycles. The summed E-state index contributed by atoms with van der Waals surface area (Å²) in [7, 11) is 0. The lowest BCUT2D eigenvalue weighted by molar-refractivity contribution is -0.122. The van der Waals surface area contributed by atoms with E-state index in [4.69, 9.17) is 4.74 Å². The van der Waals surface area contributed by atoms with E-state index in [0.717, 1.165) is 18.5 Å². The molecular weight excluding hydrogens is 274 g/mol. The van der Waals surface area contributed by atoms with Crippen LogP contribution in [0.2, 0.25) is 0 Å².